The highest BCUT2D eigenvalue weighted by Gasteiger charge is 2.55. The van der Waals surface area contributed by atoms with Crippen LogP contribution in [0, 0.1) is 5.41 Å². The van der Waals surface area contributed by atoms with E-state index < -0.39 is 17.2 Å². The number of hydrogen-bond donors (Lipinski definition) is 3. The largest absolute Gasteiger partial charge is 0.508 e. The van der Waals surface area contributed by atoms with Gasteiger partial charge in [0.05, 0.1) is 17.1 Å². The van der Waals surface area contributed by atoms with E-state index in [1.54, 1.807) is 0 Å². The zero-order chi connectivity index (χ0) is 17.5. The molecule has 2 fully saturated rings. The van der Waals surface area contributed by atoms with E-state index in [1.807, 2.05) is 0 Å². The molecule has 1 aromatic rings. The number of fused-ring (bicyclic) bond motifs is 1. The van der Waals surface area contributed by atoms with Crippen molar-refractivity contribution in [1.29, 1.82) is 0 Å². The van der Waals surface area contributed by atoms with Crippen LogP contribution in [0.2, 0.25) is 0 Å². The minimum absolute atomic E-state index is 0. The molecule has 10 heteroatoms. The Bertz CT molecular complexity index is 660. The third kappa shape index (κ3) is 4.19. The number of benzene rings is 1. The van der Waals surface area contributed by atoms with Gasteiger partial charge in [0.2, 0.25) is 5.91 Å². The molecule has 0 unspecified atom stereocenters. The molecule has 1 saturated heterocycles. The van der Waals surface area contributed by atoms with Gasteiger partial charge in [0.15, 0.2) is 0 Å². The van der Waals surface area contributed by atoms with Gasteiger partial charge in [-0.05, 0) is 37.5 Å². The second-order valence-corrected chi connectivity index (χ2v) is 6.49. The van der Waals surface area contributed by atoms with Crippen molar-refractivity contribution in [2.75, 3.05) is 6.61 Å². The number of aromatic hydroxyl groups is 1. The second kappa shape index (κ2) is 8.21. The Morgan fingerprint density at radius 1 is 1.38 bits per heavy atom. The summed E-state index contributed by atoms with van der Waals surface area (Å²) in [6.45, 7) is 0.290. The highest BCUT2D eigenvalue weighted by Crippen LogP contribution is 2.47. The number of amides is 1. The van der Waals surface area contributed by atoms with Crippen LogP contribution < -0.4 is 11.1 Å². The van der Waals surface area contributed by atoms with Gasteiger partial charge in [-0.25, -0.2) is 0 Å². The molecule has 26 heavy (non-hydrogen) atoms. The van der Waals surface area contributed by atoms with E-state index in [1.165, 1.54) is 0 Å². The van der Waals surface area contributed by atoms with Crippen LogP contribution in [0.15, 0.2) is 18.2 Å². The predicted molar refractivity (Wildman–Crippen MR) is 93.5 cm³/mol. The molecule has 1 aromatic carbocycles. The molecule has 1 heterocycles. The second-order valence-electron chi connectivity index (χ2n) is 6.49. The van der Waals surface area contributed by atoms with E-state index in [0.29, 0.717) is 25.9 Å². The number of rotatable bonds is 3. The van der Waals surface area contributed by atoms with Gasteiger partial charge in [-0.1, -0.05) is 0 Å². The number of nitrogens with two attached hydrogens (primary N) is 1. The summed E-state index contributed by atoms with van der Waals surface area (Å²) >= 11 is 0. The Kier molecular flexibility index (Phi) is 7.20. The van der Waals surface area contributed by atoms with Gasteiger partial charge in [-0.2, -0.15) is 13.2 Å². The van der Waals surface area contributed by atoms with Gasteiger partial charge in [0, 0.05) is 24.8 Å². The lowest BCUT2D eigenvalue weighted by molar-refractivity contribution is -0.137. The molecule has 0 spiro atoms. The molecule has 148 valence electrons. The summed E-state index contributed by atoms with van der Waals surface area (Å²) in [5.41, 5.74) is 4.36. The number of phenols is 1. The van der Waals surface area contributed by atoms with Gasteiger partial charge in [-0.3, -0.25) is 4.79 Å². The van der Waals surface area contributed by atoms with Crippen LogP contribution in [-0.2, 0) is 22.3 Å². The van der Waals surface area contributed by atoms with Gasteiger partial charge >= 0.3 is 6.18 Å². The van der Waals surface area contributed by atoms with E-state index in [0.717, 1.165) is 18.2 Å². The Hall–Kier alpha value is -1.22. The van der Waals surface area contributed by atoms with E-state index >= 15 is 0 Å². The Morgan fingerprint density at radius 2 is 2.08 bits per heavy atom. The number of halogens is 5. The third-order valence-electron chi connectivity index (χ3n) is 4.93. The molecule has 4 N–H and O–H groups in total. The molecule has 1 aliphatic heterocycles. The summed E-state index contributed by atoms with van der Waals surface area (Å²) in [5, 5.41) is 12.4. The molecule has 0 bridgehead atoms. The lowest BCUT2D eigenvalue weighted by Crippen LogP contribution is -2.43. The number of alkyl halides is 3. The number of nitrogens with one attached hydrogen (secondary N) is 1. The molecule has 1 aliphatic carbocycles. The van der Waals surface area contributed by atoms with E-state index in [4.69, 9.17) is 10.5 Å². The van der Waals surface area contributed by atoms with Crippen LogP contribution in [0.4, 0.5) is 13.2 Å². The van der Waals surface area contributed by atoms with Crippen LogP contribution in [0.5, 0.6) is 5.75 Å². The number of carbonyl (C=O) groups excluding carboxylic acids is 1. The van der Waals surface area contributed by atoms with Gasteiger partial charge in [0.1, 0.15) is 5.75 Å². The smallest absolute Gasteiger partial charge is 0.416 e. The van der Waals surface area contributed by atoms with Crippen LogP contribution >= 0.6 is 24.8 Å². The summed E-state index contributed by atoms with van der Waals surface area (Å²) < 4.78 is 43.9. The molecule has 5 nitrogen and oxygen atoms in total. The van der Waals surface area contributed by atoms with Crippen molar-refractivity contribution in [3.05, 3.63) is 29.3 Å². The van der Waals surface area contributed by atoms with Crippen molar-refractivity contribution in [2.24, 2.45) is 11.1 Å². The Labute approximate surface area is 161 Å². The zero-order valence-corrected chi connectivity index (χ0v) is 15.3. The van der Waals surface area contributed by atoms with Gasteiger partial charge in [0.25, 0.3) is 0 Å². The minimum atomic E-state index is -4.51. The van der Waals surface area contributed by atoms with Crippen LogP contribution in [0.1, 0.15) is 30.4 Å². The van der Waals surface area contributed by atoms with Crippen molar-refractivity contribution in [3.63, 3.8) is 0 Å². The number of phenolic OH excluding ortho intramolecular Hbond substituents is 1. The fourth-order valence-corrected chi connectivity index (χ4v) is 3.66. The highest BCUT2D eigenvalue weighted by atomic mass is 35.5. The average molecular weight is 417 g/mol. The Morgan fingerprint density at radius 3 is 2.73 bits per heavy atom. The quantitative estimate of drug-likeness (QED) is 0.707. The summed E-state index contributed by atoms with van der Waals surface area (Å²) in [6, 6.07) is 2.50. The topological polar surface area (TPSA) is 84.6 Å². The summed E-state index contributed by atoms with van der Waals surface area (Å²) in [4.78, 5) is 12.6. The van der Waals surface area contributed by atoms with Crippen molar-refractivity contribution >= 4 is 30.7 Å². The van der Waals surface area contributed by atoms with Crippen LogP contribution in [0.3, 0.4) is 0 Å². The van der Waals surface area contributed by atoms with E-state index in [2.05, 4.69) is 5.32 Å². The Balaban J connectivity index is 0.00000169. The highest BCUT2D eigenvalue weighted by molar-refractivity contribution is 5.85. The maximum Gasteiger partial charge on any atom is 0.416 e. The van der Waals surface area contributed by atoms with Gasteiger partial charge in [-0.15, -0.1) is 24.8 Å². The lowest BCUT2D eigenvalue weighted by Gasteiger charge is -2.26. The lowest BCUT2D eigenvalue weighted by atomic mass is 9.81. The molecular formula is C16H21Cl2F3N2O3. The van der Waals surface area contributed by atoms with Crippen molar-refractivity contribution in [3.8, 4) is 5.75 Å². The zero-order valence-electron chi connectivity index (χ0n) is 13.7. The molecular weight excluding hydrogens is 396 g/mol. The maximum absolute atomic E-state index is 12.8. The number of carbonyl (C=O) groups is 1. The first kappa shape index (κ1) is 22.8. The summed E-state index contributed by atoms with van der Waals surface area (Å²) in [5.74, 6) is -0.571. The monoisotopic (exact) mass is 416 g/mol. The number of hydrogen-bond acceptors (Lipinski definition) is 4. The molecule has 1 saturated carbocycles. The van der Waals surface area contributed by atoms with E-state index in [9.17, 15) is 23.1 Å². The fourth-order valence-electron chi connectivity index (χ4n) is 3.66. The van der Waals surface area contributed by atoms with E-state index in [-0.39, 0.29) is 60.7 Å². The number of ether oxygens (including phenoxy) is 1. The molecule has 0 aromatic heterocycles. The summed E-state index contributed by atoms with van der Waals surface area (Å²) in [6.07, 6.45) is -3.11. The van der Waals surface area contributed by atoms with Crippen molar-refractivity contribution in [1.82, 2.24) is 5.32 Å². The molecule has 1 amide bonds. The standard InChI is InChI=1S/C16H19F3N2O3.2ClH/c17-16(18,19)10-1-2-12(22)9(5-10)8-21-14(23)15-3-4-24-13(15)6-11(20)7-15;;/h1-2,5,11,13,22H,3-4,6-8,20H2,(H,21,23);2*1H/t11-,13-,15-;;/m1../s1. The normalized spacial score (nSPS) is 27.2. The van der Waals surface area contributed by atoms with Crippen molar-refractivity contribution in [2.45, 2.75) is 44.1 Å². The molecule has 2 aliphatic rings. The third-order valence-corrected chi connectivity index (χ3v) is 4.93. The minimum Gasteiger partial charge on any atom is -0.508 e. The SMILES string of the molecule is Cl.Cl.N[C@@H]1C[C@H]2OCC[C@@]2(C(=O)NCc2cc(C(F)(F)F)ccc2O)C1. The first-order chi connectivity index (χ1) is 11.2. The predicted octanol–water partition coefficient (Wildman–Crippen LogP) is 2.77. The van der Waals surface area contributed by atoms with Crippen molar-refractivity contribution < 1.29 is 27.8 Å². The molecule has 0 radical (unpaired) electrons. The maximum atomic E-state index is 12.8. The average Bonchev–Trinajstić information content (AvgIpc) is 3.01. The van der Waals surface area contributed by atoms with Crippen LogP contribution in [0.25, 0.3) is 0 Å². The molecule has 3 rings (SSSR count). The molecule has 3 atom stereocenters. The summed E-state index contributed by atoms with van der Waals surface area (Å²) in [7, 11) is 0. The van der Waals surface area contributed by atoms with Gasteiger partial charge < -0.3 is 20.9 Å². The first-order valence-corrected chi connectivity index (χ1v) is 7.77. The fraction of sp³-hybridized carbons (Fsp3) is 0.562. The van der Waals surface area contributed by atoms with Crippen LogP contribution in [-0.4, -0.2) is 29.8 Å². The first-order valence-electron chi connectivity index (χ1n) is 7.77.